The zero-order valence-electron chi connectivity index (χ0n) is 10.2. The fourth-order valence-corrected chi connectivity index (χ4v) is 4.79. The molecule has 2 rings (SSSR count). The molecule has 3 nitrogen and oxygen atoms in total. The van der Waals surface area contributed by atoms with Crippen LogP contribution in [-0.2, 0) is 16.4 Å². The number of aryl methyl sites for hydroxylation is 1. The maximum Gasteiger partial charge on any atom is 0.250 e. The van der Waals surface area contributed by atoms with Gasteiger partial charge in [0.15, 0.2) is 0 Å². The lowest BCUT2D eigenvalue weighted by molar-refractivity contribution is 0.581. The fourth-order valence-electron chi connectivity index (χ4n) is 1.66. The van der Waals surface area contributed by atoms with Gasteiger partial charge in [-0.2, -0.15) is 0 Å². The molecule has 0 bridgehead atoms. The molecule has 0 unspecified atom stereocenters. The minimum atomic E-state index is -3.36. The van der Waals surface area contributed by atoms with Crippen LogP contribution in [0.4, 0.5) is 0 Å². The van der Waals surface area contributed by atoms with Crippen LogP contribution in [-0.4, -0.2) is 15.0 Å². The normalized spacial score (nSPS) is 11.6. The number of nitrogens with one attached hydrogen (secondary N) is 1. The summed E-state index contributed by atoms with van der Waals surface area (Å²) in [4.78, 5) is 0. The minimum absolute atomic E-state index is 0.346. The predicted octanol–water partition coefficient (Wildman–Crippen LogP) is 3.42. The Labute approximate surface area is 125 Å². The number of rotatable bonds is 6. The first kappa shape index (κ1) is 14.7. The third-order valence-corrected chi connectivity index (χ3v) is 6.17. The standard InChI is InChI=1S/C13H14BrNO2S2/c14-12-8-9-13(18-12)19(16,17)15-10-4-7-11-5-2-1-3-6-11/h1-3,5-6,8-9,15H,4,7,10H2. The average Bonchev–Trinajstić information content (AvgIpc) is 2.84. The van der Waals surface area contributed by atoms with Gasteiger partial charge in [-0.15, -0.1) is 11.3 Å². The van der Waals surface area contributed by atoms with Crippen molar-refractivity contribution in [2.45, 2.75) is 17.1 Å². The van der Waals surface area contributed by atoms with E-state index in [1.807, 2.05) is 30.3 Å². The van der Waals surface area contributed by atoms with Crippen LogP contribution in [0, 0.1) is 0 Å². The van der Waals surface area contributed by atoms with Crippen LogP contribution < -0.4 is 4.72 Å². The molecule has 0 aliphatic carbocycles. The Morgan fingerprint density at radius 2 is 1.84 bits per heavy atom. The summed E-state index contributed by atoms with van der Waals surface area (Å²) < 4.78 is 27.7. The molecule has 0 saturated carbocycles. The highest BCUT2D eigenvalue weighted by molar-refractivity contribution is 9.11. The van der Waals surface area contributed by atoms with Gasteiger partial charge >= 0.3 is 0 Å². The van der Waals surface area contributed by atoms with E-state index in [2.05, 4.69) is 20.7 Å². The van der Waals surface area contributed by atoms with Gasteiger partial charge in [0, 0.05) is 6.54 Å². The highest BCUT2D eigenvalue weighted by atomic mass is 79.9. The average molecular weight is 360 g/mol. The van der Waals surface area contributed by atoms with Crippen molar-refractivity contribution in [2.75, 3.05) is 6.54 Å². The van der Waals surface area contributed by atoms with Crippen molar-refractivity contribution in [1.29, 1.82) is 0 Å². The molecule has 0 fully saturated rings. The lowest BCUT2D eigenvalue weighted by atomic mass is 10.1. The first-order chi connectivity index (χ1) is 9.08. The second-order valence-corrected chi connectivity index (χ2v) is 8.50. The second kappa shape index (κ2) is 6.65. The van der Waals surface area contributed by atoms with E-state index in [0.29, 0.717) is 10.8 Å². The number of hydrogen-bond acceptors (Lipinski definition) is 3. The summed E-state index contributed by atoms with van der Waals surface area (Å²) in [5.74, 6) is 0. The molecule has 0 aliphatic heterocycles. The Kier molecular flexibility index (Phi) is 5.15. The molecule has 1 aromatic carbocycles. The third kappa shape index (κ3) is 4.42. The summed E-state index contributed by atoms with van der Waals surface area (Å²) in [5, 5.41) is 0. The first-order valence-electron chi connectivity index (χ1n) is 5.87. The molecule has 0 amide bonds. The van der Waals surface area contributed by atoms with Crippen LogP contribution in [0.15, 0.2) is 50.5 Å². The monoisotopic (exact) mass is 359 g/mol. The van der Waals surface area contributed by atoms with E-state index in [4.69, 9.17) is 0 Å². The molecular weight excluding hydrogens is 346 g/mol. The van der Waals surface area contributed by atoms with Crippen molar-refractivity contribution in [2.24, 2.45) is 0 Å². The topological polar surface area (TPSA) is 46.2 Å². The van der Waals surface area contributed by atoms with Crippen molar-refractivity contribution >= 4 is 37.3 Å². The van der Waals surface area contributed by atoms with E-state index in [1.54, 1.807) is 12.1 Å². The van der Waals surface area contributed by atoms with E-state index in [1.165, 1.54) is 16.9 Å². The van der Waals surface area contributed by atoms with E-state index >= 15 is 0 Å². The molecule has 0 saturated heterocycles. The molecule has 102 valence electrons. The maximum atomic E-state index is 11.9. The van der Waals surface area contributed by atoms with Crippen molar-refractivity contribution in [3.8, 4) is 0 Å². The van der Waals surface area contributed by atoms with Crippen LogP contribution >= 0.6 is 27.3 Å². The molecule has 6 heteroatoms. The lowest BCUT2D eigenvalue weighted by Gasteiger charge is -2.04. The second-order valence-electron chi connectivity index (χ2n) is 4.05. The Morgan fingerprint density at radius 3 is 2.47 bits per heavy atom. The van der Waals surface area contributed by atoms with Gasteiger partial charge in [0.1, 0.15) is 4.21 Å². The van der Waals surface area contributed by atoms with Crippen molar-refractivity contribution in [1.82, 2.24) is 4.72 Å². The summed E-state index contributed by atoms with van der Waals surface area (Å²) in [6, 6.07) is 13.4. The zero-order valence-corrected chi connectivity index (χ0v) is 13.4. The molecule has 19 heavy (non-hydrogen) atoms. The summed E-state index contributed by atoms with van der Waals surface area (Å²) >= 11 is 4.48. The summed E-state index contributed by atoms with van der Waals surface area (Å²) in [6.07, 6.45) is 1.66. The Balaban J connectivity index is 1.83. The van der Waals surface area contributed by atoms with Crippen LogP contribution in [0.1, 0.15) is 12.0 Å². The molecule has 0 atom stereocenters. The van der Waals surface area contributed by atoms with Gasteiger partial charge in [0.05, 0.1) is 3.79 Å². The fraction of sp³-hybridized carbons (Fsp3) is 0.231. The molecule has 2 aromatic rings. The molecule has 1 N–H and O–H groups in total. The van der Waals surface area contributed by atoms with Crippen molar-refractivity contribution in [3.63, 3.8) is 0 Å². The molecule has 0 radical (unpaired) electrons. The molecular formula is C13H14BrNO2S2. The maximum absolute atomic E-state index is 11.9. The summed E-state index contributed by atoms with van der Waals surface area (Å²) in [5.41, 5.74) is 1.22. The molecule has 1 heterocycles. The van der Waals surface area contributed by atoms with Crippen LogP contribution in [0.25, 0.3) is 0 Å². The highest BCUT2D eigenvalue weighted by Gasteiger charge is 2.15. The predicted molar refractivity (Wildman–Crippen MR) is 82.0 cm³/mol. The van der Waals surface area contributed by atoms with E-state index in [9.17, 15) is 8.42 Å². The number of benzene rings is 1. The number of thiophene rings is 1. The van der Waals surface area contributed by atoms with Gasteiger partial charge in [0.2, 0.25) is 10.0 Å². The van der Waals surface area contributed by atoms with Gasteiger partial charge < -0.3 is 0 Å². The van der Waals surface area contributed by atoms with E-state index in [-0.39, 0.29) is 0 Å². The number of sulfonamides is 1. The lowest BCUT2D eigenvalue weighted by Crippen LogP contribution is -2.24. The van der Waals surface area contributed by atoms with Crippen LogP contribution in [0.2, 0.25) is 0 Å². The van der Waals surface area contributed by atoms with Crippen LogP contribution in [0.5, 0.6) is 0 Å². The Hall–Kier alpha value is -0.690. The molecule has 0 aliphatic rings. The first-order valence-corrected chi connectivity index (χ1v) is 8.96. The van der Waals surface area contributed by atoms with Crippen LogP contribution in [0.3, 0.4) is 0 Å². The number of halogens is 1. The third-order valence-electron chi connectivity index (χ3n) is 2.59. The van der Waals surface area contributed by atoms with E-state index < -0.39 is 10.0 Å². The Morgan fingerprint density at radius 1 is 1.11 bits per heavy atom. The van der Waals surface area contributed by atoms with Crippen molar-refractivity contribution < 1.29 is 8.42 Å². The molecule has 1 aromatic heterocycles. The van der Waals surface area contributed by atoms with Gasteiger partial charge in [-0.05, 0) is 46.5 Å². The quantitative estimate of drug-likeness (QED) is 0.803. The SMILES string of the molecule is O=S(=O)(NCCCc1ccccc1)c1ccc(Br)s1. The van der Waals surface area contributed by atoms with Crippen molar-refractivity contribution in [3.05, 3.63) is 51.8 Å². The van der Waals surface area contributed by atoms with Gasteiger partial charge in [0.25, 0.3) is 0 Å². The van der Waals surface area contributed by atoms with Gasteiger partial charge in [-0.1, -0.05) is 30.3 Å². The van der Waals surface area contributed by atoms with Gasteiger partial charge in [-0.3, -0.25) is 0 Å². The zero-order chi connectivity index (χ0) is 13.7. The van der Waals surface area contributed by atoms with Gasteiger partial charge in [-0.25, -0.2) is 13.1 Å². The number of hydrogen-bond donors (Lipinski definition) is 1. The minimum Gasteiger partial charge on any atom is -0.210 e. The largest absolute Gasteiger partial charge is 0.250 e. The highest BCUT2D eigenvalue weighted by Crippen LogP contribution is 2.25. The Bertz CT molecular complexity index is 623. The summed E-state index contributed by atoms with van der Waals surface area (Å²) in [6.45, 7) is 0.451. The van der Waals surface area contributed by atoms with E-state index in [0.717, 1.165) is 16.6 Å². The molecule has 0 spiro atoms. The smallest absolute Gasteiger partial charge is 0.210 e. The summed E-state index contributed by atoms with van der Waals surface area (Å²) in [7, 11) is -3.36.